The van der Waals surface area contributed by atoms with Gasteiger partial charge in [0, 0.05) is 29.2 Å². The van der Waals surface area contributed by atoms with E-state index in [0.717, 1.165) is 46.8 Å². The van der Waals surface area contributed by atoms with Crippen LogP contribution in [0.1, 0.15) is 71.1 Å². The zero-order valence-electron chi connectivity index (χ0n) is 29.8. The van der Waals surface area contributed by atoms with E-state index in [1.165, 1.54) is 0 Å². The first kappa shape index (κ1) is 40.2. The normalized spacial score (nSPS) is 12.8. The van der Waals surface area contributed by atoms with Crippen molar-refractivity contribution in [2.75, 3.05) is 46.3 Å². The van der Waals surface area contributed by atoms with Crippen LogP contribution in [0, 0.1) is 6.57 Å². The molecule has 0 heterocycles. The highest BCUT2D eigenvalue weighted by molar-refractivity contribution is 8.77. The van der Waals surface area contributed by atoms with E-state index in [-0.39, 0.29) is 4.75 Å². The summed E-state index contributed by atoms with van der Waals surface area (Å²) in [6.45, 7) is 22.2. The highest BCUT2D eigenvalue weighted by Gasteiger charge is 2.38. The van der Waals surface area contributed by atoms with Crippen LogP contribution in [0.2, 0.25) is 0 Å². The van der Waals surface area contributed by atoms with Crippen LogP contribution in [0.15, 0.2) is 78.9 Å². The van der Waals surface area contributed by atoms with Gasteiger partial charge in [-0.2, -0.15) is 0 Å². The molecule has 7 nitrogen and oxygen atoms in total. The van der Waals surface area contributed by atoms with Gasteiger partial charge in [-0.15, -0.1) is 0 Å². The Morgan fingerprint density at radius 1 is 0.750 bits per heavy atom. The Morgan fingerprint density at radius 2 is 1.27 bits per heavy atom. The number of hydrogen-bond acceptors (Lipinski definition) is 8. The van der Waals surface area contributed by atoms with Crippen LogP contribution < -0.4 is 9.47 Å². The van der Waals surface area contributed by atoms with Gasteiger partial charge >= 0.3 is 0 Å². The topological polar surface area (TPSA) is 53.8 Å². The zero-order chi connectivity index (χ0) is 35.0. The molecule has 3 rings (SSSR count). The SMILES string of the molecule is [C-]#[N+]CCOP(OCCC(C)(C)SSCCCOC(c1ccccc1)(c1ccc(OC)cc1)c1ccc(OC)cc1)N(C(C)C)C(C)C. The molecule has 10 heteroatoms. The van der Waals surface area contributed by atoms with E-state index in [4.69, 9.17) is 29.8 Å². The number of nitrogens with zero attached hydrogens (tertiary/aromatic N) is 2. The minimum Gasteiger partial charge on any atom is -0.497 e. The molecule has 0 aliphatic carbocycles. The molecular weight excluding hydrogens is 660 g/mol. The van der Waals surface area contributed by atoms with E-state index < -0.39 is 14.1 Å². The molecular formula is C38H53N2O5PS2. The van der Waals surface area contributed by atoms with Gasteiger partial charge in [0.2, 0.25) is 6.54 Å². The summed E-state index contributed by atoms with van der Waals surface area (Å²) in [5.41, 5.74) is 2.34. The van der Waals surface area contributed by atoms with E-state index in [1.807, 2.05) is 51.9 Å². The first-order chi connectivity index (χ1) is 23.1. The van der Waals surface area contributed by atoms with Gasteiger partial charge in [-0.25, -0.2) is 11.2 Å². The Morgan fingerprint density at radius 3 is 1.77 bits per heavy atom. The number of ether oxygens (including phenoxy) is 3. The fourth-order valence-electron chi connectivity index (χ4n) is 5.34. The van der Waals surface area contributed by atoms with Gasteiger partial charge in [0.1, 0.15) is 23.7 Å². The molecule has 1 atom stereocenters. The Bertz CT molecular complexity index is 1310. The van der Waals surface area contributed by atoms with Gasteiger partial charge in [-0.05, 0) is 95.3 Å². The quantitative estimate of drug-likeness (QED) is 0.0336. The predicted molar refractivity (Wildman–Crippen MR) is 204 cm³/mol. The molecule has 0 bridgehead atoms. The number of benzene rings is 3. The summed E-state index contributed by atoms with van der Waals surface area (Å²) in [6, 6.07) is 27.3. The van der Waals surface area contributed by atoms with Crippen molar-refractivity contribution in [3.05, 3.63) is 107 Å². The molecule has 3 aromatic carbocycles. The lowest BCUT2D eigenvalue weighted by atomic mass is 9.80. The Hall–Kier alpha value is -2.28. The van der Waals surface area contributed by atoms with Crippen molar-refractivity contribution in [3.8, 4) is 11.5 Å². The summed E-state index contributed by atoms with van der Waals surface area (Å²) in [6.07, 6.45) is 1.78. The van der Waals surface area contributed by atoms with Gasteiger partial charge in [-0.1, -0.05) is 76.2 Å². The third-order valence-electron chi connectivity index (χ3n) is 7.71. The van der Waals surface area contributed by atoms with Crippen LogP contribution >= 0.6 is 30.1 Å². The van der Waals surface area contributed by atoms with Crippen LogP contribution in [-0.2, 0) is 19.4 Å². The molecule has 0 aliphatic heterocycles. The monoisotopic (exact) mass is 712 g/mol. The third-order valence-corrected chi connectivity index (χ3v) is 13.2. The van der Waals surface area contributed by atoms with Gasteiger partial charge in [0.05, 0.1) is 20.8 Å². The van der Waals surface area contributed by atoms with Crippen LogP contribution in [0.4, 0.5) is 0 Å². The standard InChI is InChI=1S/C38H53N2O5PS2/c1-30(2)40(31(3)4)46(45-28-25-39-7)44-27-24-37(5,6)48-47-29-13-26-43-38(32-14-11-10-12-15-32,33-16-20-35(41-8)21-17-33)34-18-22-36(42-9)23-19-34/h10-12,14-23,30-31H,13,24-29H2,1-6,8-9H3. The summed E-state index contributed by atoms with van der Waals surface area (Å²) in [4.78, 5) is 3.44. The first-order valence-corrected chi connectivity index (χ1v) is 20.0. The maximum Gasteiger partial charge on any atom is 0.259 e. The largest absolute Gasteiger partial charge is 0.497 e. The van der Waals surface area contributed by atoms with Gasteiger partial charge in [0.25, 0.3) is 8.53 Å². The van der Waals surface area contributed by atoms with Crippen molar-refractivity contribution in [1.29, 1.82) is 0 Å². The molecule has 0 saturated carbocycles. The predicted octanol–water partition coefficient (Wildman–Crippen LogP) is 10.3. The van der Waals surface area contributed by atoms with E-state index >= 15 is 0 Å². The minimum atomic E-state index is -1.22. The second-order valence-corrected chi connectivity index (χ2v) is 17.1. The lowest BCUT2D eigenvalue weighted by Gasteiger charge is -2.36. The molecule has 0 fully saturated rings. The molecule has 0 spiro atoms. The van der Waals surface area contributed by atoms with Crippen LogP contribution in [0.5, 0.6) is 11.5 Å². The van der Waals surface area contributed by atoms with E-state index in [1.54, 1.807) is 14.2 Å². The minimum absolute atomic E-state index is 0.0174. The summed E-state index contributed by atoms with van der Waals surface area (Å²) in [5, 5.41) is 0. The molecule has 48 heavy (non-hydrogen) atoms. The smallest absolute Gasteiger partial charge is 0.259 e. The molecule has 1 unspecified atom stereocenters. The number of hydrogen-bond donors (Lipinski definition) is 0. The summed E-state index contributed by atoms with van der Waals surface area (Å²) in [7, 11) is 5.92. The van der Waals surface area contributed by atoms with Crippen molar-refractivity contribution in [2.24, 2.45) is 0 Å². The van der Waals surface area contributed by atoms with Gasteiger partial charge < -0.3 is 28.1 Å². The fraction of sp³-hybridized carbons (Fsp3) is 0.500. The molecule has 0 saturated heterocycles. The zero-order valence-corrected chi connectivity index (χ0v) is 32.3. The lowest BCUT2D eigenvalue weighted by Crippen LogP contribution is -2.34. The van der Waals surface area contributed by atoms with E-state index in [0.29, 0.717) is 38.4 Å². The van der Waals surface area contributed by atoms with Crippen molar-refractivity contribution in [3.63, 3.8) is 0 Å². The molecule has 0 amide bonds. The van der Waals surface area contributed by atoms with Gasteiger partial charge in [0.15, 0.2) is 0 Å². The Balaban J connectivity index is 1.64. The highest BCUT2D eigenvalue weighted by atomic mass is 33.1. The second-order valence-electron chi connectivity index (χ2n) is 12.5. The summed E-state index contributed by atoms with van der Waals surface area (Å²) >= 11 is 0. The fourth-order valence-corrected chi connectivity index (χ4v) is 9.53. The maximum absolute atomic E-state index is 7.10. The average Bonchev–Trinajstić information content (AvgIpc) is 3.08. The number of methoxy groups -OCH3 is 2. The molecule has 262 valence electrons. The van der Waals surface area contributed by atoms with Crippen molar-refractivity contribution >= 4 is 30.1 Å². The third kappa shape index (κ3) is 11.7. The number of rotatable bonds is 22. The molecule has 0 N–H and O–H groups in total. The van der Waals surface area contributed by atoms with E-state index in [9.17, 15) is 0 Å². The van der Waals surface area contributed by atoms with Crippen LogP contribution in [-0.4, -0.2) is 67.8 Å². The van der Waals surface area contributed by atoms with Crippen LogP contribution in [0.3, 0.4) is 0 Å². The molecule has 3 aromatic rings. The summed E-state index contributed by atoms with van der Waals surface area (Å²) in [5.74, 6) is 2.56. The Labute approximate surface area is 298 Å². The molecule has 0 radical (unpaired) electrons. The molecule has 0 aromatic heterocycles. The lowest BCUT2D eigenvalue weighted by molar-refractivity contribution is 0.0137. The average molecular weight is 713 g/mol. The Kier molecular flexibility index (Phi) is 17.1. The van der Waals surface area contributed by atoms with Gasteiger partial charge in [-0.3, -0.25) is 0 Å². The second kappa shape index (κ2) is 20.4. The van der Waals surface area contributed by atoms with Crippen molar-refractivity contribution in [1.82, 2.24) is 4.67 Å². The van der Waals surface area contributed by atoms with E-state index in [2.05, 4.69) is 99.6 Å². The van der Waals surface area contributed by atoms with Crippen molar-refractivity contribution in [2.45, 2.75) is 76.8 Å². The summed E-state index contributed by atoms with van der Waals surface area (Å²) < 4.78 is 32.7. The van der Waals surface area contributed by atoms with Crippen LogP contribution in [0.25, 0.3) is 4.85 Å². The van der Waals surface area contributed by atoms with Crippen molar-refractivity contribution < 1.29 is 23.3 Å². The highest BCUT2D eigenvalue weighted by Crippen LogP contribution is 2.47. The molecule has 0 aliphatic rings. The first-order valence-electron chi connectivity index (χ1n) is 16.5. The maximum atomic E-state index is 7.10.